The minimum Gasteiger partial charge on any atom is -0.351 e. The molecule has 0 radical (unpaired) electrons. The van der Waals surface area contributed by atoms with Crippen LogP contribution in [0.3, 0.4) is 0 Å². The number of rotatable bonds is 5. The molecule has 7 nitrogen and oxygen atoms in total. The molecule has 0 aromatic heterocycles. The fraction of sp³-hybridized carbons (Fsp3) is 0.364. The van der Waals surface area contributed by atoms with Crippen molar-refractivity contribution < 1.29 is 21.6 Å². The molecule has 118 valence electrons. The fourth-order valence-electron chi connectivity index (χ4n) is 1.50. The molecule has 1 amide bonds. The Hall–Kier alpha value is -1.16. The first-order valence-electron chi connectivity index (χ1n) is 5.70. The lowest BCUT2D eigenvalue weighted by Crippen LogP contribution is -2.29. The van der Waals surface area contributed by atoms with Crippen LogP contribution >= 0.6 is 11.6 Å². The molecule has 3 N–H and O–H groups in total. The van der Waals surface area contributed by atoms with Crippen LogP contribution in [0.5, 0.6) is 0 Å². The molecule has 0 aliphatic carbocycles. The minimum atomic E-state index is -4.00. The van der Waals surface area contributed by atoms with Crippen LogP contribution in [-0.2, 0) is 19.9 Å². The summed E-state index contributed by atoms with van der Waals surface area (Å²) in [5, 5.41) is 7.47. The molecule has 1 rings (SSSR count). The maximum absolute atomic E-state index is 12.0. The molecule has 0 heterocycles. The highest BCUT2D eigenvalue weighted by Gasteiger charge is 2.18. The number of hydrogen-bond donors (Lipinski definition) is 2. The van der Waals surface area contributed by atoms with E-state index in [9.17, 15) is 21.6 Å². The number of amides is 1. The number of sulfonamides is 1. The van der Waals surface area contributed by atoms with E-state index < -0.39 is 25.8 Å². The largest absolute Gasteiger partial charge is 0.351 e. The molecule has 1 aromatic rings. The zero-order valence-corrected chi connectivity index (χ0v) is 13.8. The van der Waals surface area contributed by atoms with Gasteiger partial charge in [-0.1, -0.05) is 11.6 Å². The van der Waals surface area contributed by atoms with Gasteiger partial charge in [0.15, 0.2) is 0 Å². The van der Waals surface area contributed by atoms with Gasteiger partial charge in [0.2, 0.25) is 10.0 Å². The standard InChI is InChI=1S/C11H15ClN2O5S2/c1-7-9(11(15)14-3-4-20(2,16)17)5-8(6-10(7)12)21(13,18)19/h5-6H,3-4H2,1-2H3,(H,14,15)(H2,13,18,19). The van der Waals surface area contributed by atoms with Gasteiger partial charge in [-0.3, -0.25) is 4.79 Å². The fourth-order valence-corrected chi connectivity index (χ4v) is 2.82. The second kappa shape index (κ2) is 6.30. The Labute approximate surface area is 128 Å². The van der Waals surface area contributed by atoms with E-state index in [1.807, 2.05) is 0 Å². The van der Waals surface area contributed by atoms with Gasteiger partial charge in [0, 0.05) is 23.4 Å². The maximum atomic E-state index is 12.0. The predicted octanol–water partition coefficient (Wildman–Crippen LogP) is 0.0702. The van der Waals surface area contributed by atoms with Crippen LogP contribution in [0.25, 0.3) is 0 Å². The van der Waals surface area contributed by atoms with Crippen LogP contribution in [0.15, 0.2) is 17.0 Å². The summed E-state index contributed by atoms with van der Waals surface area (Å²) in [5.74, 6) is -0.844. The van der Waals surface area contributed by atoms with E-state index >= 15 is 0 Å². The van der Waals surface area contributed by atoms with Crippen LogP contribution < -0.4 is 10.5 Å². The lowest BCUT2D eigenvalue weighted by Gasteiger charge is -2.10. The number of nitrogens with two attached hydrogens (primary N) is 1. The van der Waals surface area contributed by atoms with Crippen LogP contribution in [0.1, 0.15) is 15.9 Å². The highest BCUT2D eigenvalue weighted by molar-refractivity contribution is 7.90. The van der Waals surface area contributed by atoms with Crippen LogP contribution in [-0.4, -0.2) is 41.3 Å². The second-order valence-electron chi connectivity index (χ2n) is 4.51. The smallest absolute Gasteiger partial charge is 0.251 e. The predicted molar refractivity (Wildman–Crippen MR) is 79.6 cm³/mol. The van der Waals surface area contributed by atoms with Crippen LogP contribution in [0.2, 0.25) is 5.02 Å². The first-order valence-corrected chi connectivity index (χ1v) is 9.69. The van der Waals surface area contributed by atoms with Crippen molar-refractivity contribution in [3.8, 4) is 0 Å². The highest BCUT2D eigenvalue weighted by atomic mass is 35.5. The monoisotopic (exact) mass is 354 g/mol. The van der Waals surface area contributed by atoms with Crippen molar-refractivity contribution in [2.75, 3.05) is 18.6 Å². The summed E-state index contributed by atoms with van der Waals surface area (Å²) in [4.78, 5) is 11.7. The zero-order chi connectivity index (χ0) is 16.4. The summed E-state index contributed by atoms with van der Waals surface area (Å²) in [7, 11) is -7.21. The third kappa shape index (κ3) is 5.27. The summed E-state index contributed by atoms with van der Waals surface area (Å²) in [5.41, 5.74) is 0.404. The van der Waals surface area contributed by atoms with Crippen molar-refractivity contribution in [2.45, 2.75) is 11.8 Å². The number of carbonyl (C=O) groups excluding carboxylic acids is 1. The number of primary sulfonamides is 1. The Bertz CT molecular complexity index is 772. The number of benzene rings is 1. The number of nitrogens with one attached hydrogen (secondary N) is 1. The van der Waals surface area contributed by atoms with Gasteiger partial charge in [0.25, 0.3) is 5.91 Å². The van der Waals surface area contributed by atoms with E-state index in [1.165, 1.54) is 0 Å². The average molecular weight is 355 g/mol. The lowest BCUT2D eigenvalue weighted by atomic mass is 10.1. The van der Waals surface area contributed by atoms with Gasteiger partial charge >= 0.3 is 0 Å². The number of sulfone groups is 1. The minimum absolute atomic E-state index is 0.0278. The molecule has 0 unspecified atom stereocenters. The van der Waals surface area contributed by atoms with Gasteiger partial charge in [0.1, 0.15) is 9.84 Å². The Morgan fingerprint density at radius 1 is 1.29 bits per heavy atom. The third-order valence-electron chi connectivity index (χ3n) is 2.65. The molecule has 0 fully saturated rings. The summed E-state index contributed by atoms with van der Waals surface area (Å²) >= 11 is 5.88. The molecule has 0 saturated heterocycles. The summed E-state index contributed by atoms with van der Waals surface area (Å²) < 4.78 is 44.6. The van der Waals surface area contributed by atoms with Gasteiger partial charge in [-0.15, -0.1) is 0 Å². The van der Waals surface area contributed by atoms with Crippen molar-refractivity contribution >= 4 is 37.4 Å². The van der Waals surface area contributed by atoms with E-state index in [2.05, 4.69) is 5.32 Å². The molecule has 0 saturated carbocycles. The molecule has 0 aliphatic heterocycles. The van der Waals surface area contributed by atoms with Crippen molar-refractivity contribution in [3.05, 3.63) is 28.3 Å². The van der Waals surface area contributed by atoms with Crippen molar-refractivity contribution in [1.29, 1.82) is 0 Å². The van der Waals surface area contributed by atoms with E-state index in [0.29, 0.717) is 5.56 Å². The van der Waals surface area contributed by atoms with Crippen LogP contribution in [0.4, 0.5) is 0 Å². The molecule has 0 aliphatic rings. The molecule has 21 heavy (non-hydrogen) atoms. The SMILES string of the molecule is Cc1c(Cl)cc(S(N)(=O)=O)cc1C(=O)NCCS(C)(=O)=O. The van der Waals surface area contributed by atoms with E-state index in [0.717, 1.165) is 18.4 Å². The van der Waals surface area contributed by atoms with E-state index in [-0.39, 0.29) is 27.8 Å². The summed E-state index contributed by atoms with van der Waals surface area (Å²) in [6, 6.07) is 2.26. The van der Waals surface area contributed by atoms with Crippen molar-refractivity contribution in [2.24, 2.45) is 5.14 Å². The van der Waals surface area contributed by atoms with Gasteiger partial charge in [-0.05, 0) is 24.6 Å². The first kappa shape index (κ1) is 17.9. The van der Waals surface area contributed by atoms with E-state index in [1.54, 1.807) is 6.92 Å². The third-order valence-corrected chi connectivity index (χ3v) is 4.88. The van der Waals surface area contributed by atoms with Gasteiger partial charge in [-0.25, -0.2) is 22.0 Å². The molecular weight excluding hydrogens is 340 g/mol. The number of halogens is 1. The molecular formula is C11H15ClN2O5S2. The zero-order valence-electron chi connectivity index (χ0n) is 11.4. The Morgan fingerprint density at radius 2 is 1.86 bits per heavy atom. The topological polar surface area (TPSA) is 123 Å². The van der Waals surface area contributed by atoms with Gasteiger partial charge < -0.3 is 5.32 Å². The first-order chi connectivity index (χ1) is 9.42. The van der Waals surface area contributed by atoms with Gasteiger partial charge in [0.05, 0.1) is 10.6 Å². The molecule has 1 aromatic carbocycles. The second-order valence-corrected chi connectivity index (χ2v) is 8.74. The Morgan fingerprint density at radius 3 is 2.33 bits per heavy atom. The van der Waals surface area contributed by atoms with Crippen molar-refractivity contribution in [1.82, 2.24) is 5.32 Å². The number of carbonyl (C=O) groups is 1. The quantitative estimate of drug-likeness (QED) is 0.774. The molecule has 0 spiro atoms. The molecule has 0 bridgehead atoms. The van der Waals surface area contributed by atoms with E-state index in [4.69, 9.17) is 16.7 Å². The summed E-state index contributed by atoms with van der Waals surface area (Å²) in [6.45, 7) is 1.45. The molecule has 0 atom stereocenters. The lowest BCUT2D eigenvalue weighted by molar-refractivity contribution is 0.0955. The Kier molecular flexibility index (Phi) is 5.37. The van der Waals surface area contributed by atoms with Crippen LogP contribution in [0, 0.1) is 6.92 Å². The summed E-state index contributed by atoms with van der Waals surface area (Å²) in [6.07, 6.45) is 1.04. The van der Waals surface area contributed by atoms with Gasteiger partial charge in [-0.2, -0.15) is 0 Å². The molecule has 10 heteroatoms. The van der Waals surface area contributed by atoms with Crippen molar-refractivity contribution in [3.63, 3.8) is 0 Å². The average Bonchev–Trinajstić information content (AvgIpc) is 2.29. The Balaban J connectivity index is 3.07. The highest BCUT2D eigenvalue weighted by Crippen LogP contribution is 2.23. The maximum Gasteiger partial charge on any atom is 0.251 e. The number of hydrogen-bond acceptors (Lipinski definition) is 5. The normalized spacial score (nSPS) is 12.2.